The van der Waals surface area contributed by atoms with Crippen molar-refractivity contribution in [3.63, 3.8) is 0 Å². The van der Waals surface area contributed by atoms with Crippen LogP contribution in [0.25, 0.3) is 0 Å². The fraction of sp³-hybridized carbons (Fsp3) is 0.294. The maximum atomic E-state index is 13.5. The molecule has 1 heterocycles. The van der Waals surface area contributed by atoms with Gasteiger partial charge in [-0.05, 0) is 24.6 Å². The summed E-state index contributed by atoms with van der Waals surface area (Å²) in [6.45, 7) is 2.43. The number of hydrogen-bond acceptors (Lipinski definition) is 3. The van der Waals surface area contributed by atoms with E-state index in [4.69, 9.17) is 0 Å². The molecular formula is C17H20FN3O. The van der Waals surface area contributed by atoms with Crippen molar-refractivity contribution in [3.05, 3.63) is 54.0 Å². The number of nitrogens with zero attached hydrogens (tertiary/aromatic N) is 1. The minimum Gasteiger partial charge on any atom is -0.380 e. The minimum absolute atomic E-state index is 0.0265. The largest absolute Gasteiger partial charge is 0.380 e. The highest BCUT2D eigenvalue weighted by Gasteiger charge is 2.03. The van der Waals surface area contributed by atoms with Crippen molar-refractivity contribution in [1.29, 1.82) is 0 Å². The van der Waals surface area contributed by atoms with E-state index in [-0.39, 0.29) is 11.7 Å². The molecule has 0 unspecified atom stereocenters. The zero-order valence-corrected chi connectivity index (χ0v) is 12.6. The number of pyridine rings is 1. The number of benzene rings is 1. The van der Waals surface area contributed by atoms with Gasteiger partial charge < -0.3 is 10.6 Å². The molecule has 5 heteroatoms. The molecule has 1 aromatic heterocycles. The summed E-state index contributed by atoms with van der Waals surface area (Å²) >= 11 is 0. The lowest BCUT2D eigenvalue weighted by atomic mass is 10.2. The molecule has 0 atom stereocenters. The monoisotopic (exact) mass is 301 g/mol. The molecule has 2 aromatic rings. The van der Waals surface area contributed by atoms with E-state index in [1.807, 2.05) is 13.0 Å². The smallest absolute Gasteiger partial charge is 0.225 e. The summed E-state index contributed by atoms with van der Waals surface area (Å²) in [4.78, 5) is 15.8. The van der Waals surface area contributed by atoms with Crippen LogP contribution in [0.2, 0.25) is 0 Å². The lowest BCUT2D eigenvalue weighted by molar-refractivity contribution is -0.116. The van der Waals surface area contributed by atoms with Crippen molar-refractivity contribution in [1.82, 2.24) is 4.98 Å². The predicted octanol–water partition coefficient (Wildman–Crippen LogP) is 3.96. The summed E-state index contributed by atoms with van der Waals surface area (Å²) in [6.07, 6.45) is 3.98. The Labute approximate surface area is 129 Å². The molecule has 0 saturated carbocycles. The quantitative estimate of drug-likeness (QED) is 0.814. The van der Waals surface area contributed by atoms with Gasteiger partial charge in [0.15, 0.2) is 0 Å². The molecule has 0 radical (unpaired) electrons. The topological polar surface area (TPSA) is 54.0 Å². The van der Waals surface area contributed by atoms with Gasteiger partial charge in [-0.1, -0.05) is 31.5 Å². The fourth-order valence-electron chi connectivity index (χ4n) is 1.95. The van der Waals surface area contributed by atoms with Gasteiger partial charge in [0.25, 0.3) is 0 Å². The van der Waals surface area contributed by atoms with Crippen LogP contribution in [-0.4, -0.2) is 10.9 Å². The van der Waals surface area contributed by atoms with E-state index in [1.54, 1.807) is 30.5 Å². The Kier molecular flexibility index (Phi) is 5.89. The summed E-state index contributed by atoms with van der Waals surface area (Å²) in [5, 5.41) is 5.85. The van der Waals surface area contributed by atoms with E-state index in [1.165, 1.54) is 6.07 Å². The van der Waals surface area contributed by atoms with E-state index >= 15 is 0 Å². The molecule has 0 aliphatic rings. The lowest BCUT2D eigenvalue weighted by Crippen LogP contribution is -2.12. The van der Waals surface area contributed by atoms with Gasteiger partial charge in [0.2, 0.25) is 5.91 Å². The zero-order valence-electron chi connectivity index (χ0n) is 12.6. The molecule has 22 heavy (non-hydrogen) atoms. The summed E-state index contributed by atoms with van der Waals surface area (Å²) in [5.74, 6) is 0.265. The first-order valence-corrected chi connectivity index (χ1v) is 7.42. The Bertz CT molecular complexity index is 614. The molecular weight excluding hydrogens is 281 g/mol. The van der Waals surface area contributed by atoms with E-state index in [0.717, 1.165) is 18.5 Å². The van der Waals surface area contributed by atoms with Gasteiger partial charge in [-0.15, -0.1) is 0 Å². The van der Waals surface area contributed by atoms with Gasteiger partial charge in [0, 0.05) is 18.5 Å². The number of nitrogens with one attached hydrogen (secondary N) is 2. The van der Waals surface area contributed by atoms with Gasteiger partial charge >= 0.3 is 0 Å². The Morgan fingerprint density at radius 3 is 2.73 bits per heavy atom. The van der Waals surface area contributed by atoms with Gasteiger partial charge in [-0.2, -0.15) is 0 Å². The Morgan fingerprint density at radius 1 is 1.23 bits per heavy atom. The summed E-state index contributed by atoms with van der Waals surface area (Å²) < 4.78 is 13.5. The maximum Gasteiger partial charge on any atom is 0.225 e. The number of anilines is 2. The summed E-state index contributed by atoms with van der Waals surface area (Å²) in [6, 6.07) is 10.2. The molecule has 0 aliphatic heterocycles. The van der Waals surface area contributed by atoms with Crippen molar-refractivity contribution >= 4 is 17.4 Å². The minimum atomic E-state index is -0.234. The van der Waals surface area contributed by atoms with Gasteiger partial charge in [0.1, 0.15) is 11.6 Å². The molecule has 0 aliphatic carbocycles. The van der Waals surface area contributed by atoms with Gasteiger partial charge in [-0.25, -0.2) is 9.37 Å². The standard InChI is InChI=1S/C17H20FN3O/c1-2-3-8-17(22)21-16-10-9-14(12-20-16)19-11-13-6-4-5-7-15(13)18/h4-7,9-10,12,19H,2-3,8,11H2,1H3,(H,20,21,22). The van der Waals surface area contributed by atoms with Crippen molar-refractivity contribution in [2.75, 3.05) is 10.6 Å². The van der Waals surface area contributed by atoms with E-state index in [2.05, 4.69) is 15.6 Å². The van der Waals surface area contributed by atoms with Crippen LogP contribution >= 0.6 is 0 Å². The number of unbranched alkanes of at least 4 members (excludes halogenated alkanes) is 1. The number of carbonyl (C=O) groups excluding carboxylic acids is 1. The fourth-order valence-corrected chi connectivity index (χ4v) is 1.95. The SMILES string of the molecule is CCCCC(=O)Nc1ccc(NCc2ccccc2F)cn1. The third kappa shape index (κ3) is 4.84. The van der Waals surface area contributed by atoms with E-state index in [9.17, 15) is 9.18 Å². The van der Waals surface area contributed by atoms with Crippen LogP contribution in [0.15, 0.2) is 42.6 Å². The van der Waals surface area contributed by atoms with Crippen LogP contribution in [-0.2, 0) is 11.3 Å². The number of carbonyl (C=O) groups is 1. The van der Waals surface area contributed by atoms with Crippen LogP contribution in [0, 0.1) is 5.82 Å². The normalized spacial score (nSPS) is 10.3. The molecule has 116 valence electrons. The van der Waals surface area contributed by atoms with Crippen LogP contribution < -0.4 is 10.6 Å². The Morgan fingerprint density at radius 2 is 2.05 bits per heavy atom. The first kappa shape index (κ1) is 15.9. The van der Waals surface area contributed by atoms with Crippen molar-refractivity contribution < 1.29 is 9.18 Å². The number of amides is 1. The predicted molar refractivity (Wildman–Crippen MR) is 86.1 cm³/mol. The number of halogens is 1. The number of hydrogen-bond donors (Lipinski definition) is 2. The Balaban J connectivity index is 1.87. The van der Waals surface area contributed by atoms with Crippen molar-refractivity contribution in [2.45, 2.75) is 32.7 Å². The molecule has 0 spiro atoms. The molecule has 1 amide bonds. The van der Waals surface area contributed by atoms with Crippen LogP contribution in [0.4, 0.5) is 15.9 Å². The van der Waals surface area contributed by atoms with Gasteiger partial charge in [0.05, 0.1) is 11.9 Å². The molecule has 1 aromatic carbocycles. The third-order valence-corrected chi connectivity index (χ3v) is 3.23. The average molecular weight is 301 g/mol. The van der Waals surface area contributed by atoms with Crippen LogP contribution in [0.1, 0.15) is 31.7 Å². The first-order chi connectivity index (χ1) is 10.7. The second-order valence-corrected chi connectivity index (χ2v) is 5.03. The second-order valence-electron chi connectivity index (χ2n) is 5.03. The lowest BCUT2D eigenvalue weighted by Gasteiger charge is -2.08. The molecule has 0 bridgehead atoms. The van der Waals surface area contributed by atoms with E-state index in [0.29, 0.717) is 24.3 Å². The molecule has 2 N–H and O–H groups in total. The van der Waals surface area contributed by atoms with Crippen LogP contribution in [0.5, 0.6) is 0 Å². The summed E-state index contributed by atoms with van der Waals surface area (Å²) in [5.41, 5.74) is 1.37. The highest BCUT2D eigenvalue weighted by molar-refractivity contribution is 5.89. The molecule has 2 rings (SSSR count). The van der Waals surface area contributed by atoms with Crippen molar-refractivity contribution in [2.24, 2.45) is 0 Å². The summed E-state index contributed by atoms with van der Waals surface area (Å²) in [7, 11) is 0. The molecule has 0 fully saturated rings. The second kappa shape index (κ2) is 8.12. The van der Waals surface area contributed by atoms with Crippen LogP contribution in [0.3, 0.4) is 0 Å². The van der Waals surface area contributed by atoms with Gasteiger partial charge in [-0.3, -0.25) is 4.79 Å². The van der Waals surface area contributed by atoms with E-state index < -0.39 is 0 Å². The van der Waals surface area contributed by atoms with Crippen molar-refractivity contribution in [3.8, 4) is 0 Å². The highest BCUT2D eigenvalue weighted by atomic mass is 19.1. The Hall–Kier alpha value is -2.43. The average Bonchev–Trinajstić information content (AvgIpc) is 2.53. The maximum absolute atomic E-state index is 13.5. The molecule has 4 nitrogen and oxygen atoms in total. The molecule has 0 saturated heterocycles. The first-order valence-electron chi connectivity index (χ1n) is 7.42. The third-order valence-electron chi connectivity index (χ3n) is 3.23. The highest BCUT2D eigenvalue weighted by Crippen LogP contribution is 2.13. The zero-order chi connectivity index (χ0) is 15.8. The number of aromatic nitrogens is 1. The number of rotatable bonds is 7.